The molecule has 1 unspecified atom stereocenters. The minimum atomic E-state index is -2.78. The van der Waals surface area contributed by atoms with Crippen molar-refractivity contribution in [1.82, 2.24) is 10.6 Å². The van der Waals surface area contributed by atoms with Crippen molar-refractivity contribution in [2.75, 3.05) is 0 Å². The van der Waals surface area contributed by atoms with Gasteiger partial charge in [0.25, 0.3) is 0 Å². The van der Waals surface area contributed by atoms with E-state index < -0.39 is 6.61 Å². The molecule has 0 bridgehead atoms. The summed E-state index contributed by atoms with van der Waals surface area (Å²) in [4.78, 5) is 0. The lowest BCUT2D eigenvalue weighted by molar-refractivity contribution is -0.0499. The maximum atomic E-state index is 12.3. The number of hydrogen-bond donors (Lipinski definition) is 2. The number of fused-ring (bicyclic) bond motifs is 1. The van der Waals surface area contributed by atoms with E-state index in [0.717, 1.165) is 30.4 Å². The van der Waals surface area contributed by atoms with Crippen molar-refractivity contribution in [2.45, 2.75) is 50.8 Å². The van der Waals surface area contributed by atoms with E-state index in [-0.39, 0.29) is 11.8 Å². The Bertz CT molecular complexity index is 534. The topological polar surface area (TPSA) is 33.3 Å². The molecule has 0 saturated heterocycles. The van der Waals surface area contributed by atoms with Crippen molar-refractivity contribution in [3.8, 4) is 5.75 Å². The first-order valence-electron chi connectivity index (χ1n) is 7.26. The molecule has 1 aromatic carbocycles. The third-order valence-corrected chi connectivity index (χ3v) is 4.11. The zero-order valence-electron chi connectivity index (χ0n) is 11.6. The van der Waals surface area contributed by atoms with Crippen LogP contribution in [0.5, 0.6) is 5.75 Å². The Morgan fingerprint density at radius 2 is 2.05 bits per heavy atom. The number of rotatable bonds is 4. The van der Waals surface area contributed by atoms with Crippen LogP contribution in [0.25, 0.3) is 0 Å². The lowest BCUT2D eigenvalue weighted by atomic mass is 9.87. The molecule has 2 aliphatic carbocycles. The van der Waals surface area contributed by atoms with Crippen molar-refractivity contribution in [2.24, 2.45) is 0 Å². The van der Waals surface area contributed by atoms with Gasteiger partial charge in [0.05, 0.1) is 6.04 Å². The minimum absolute atomic E-state index is 0.146. The summed E-state index contributed by atoms with van der Waals surface area (Å²) in [5, 5.41) is 7.29. The third kappa shape index (κ3) is 3.81. The number of ether oxygens (including phenoxy) is 1. The van der Waals surface area contributed by atoms with Crippen molar-refractivity contribution in [3.05, 3.63) is 29.3 Å². The van der Waals surface area contributed by atoms with Gasteiger partial charge in [-0.1, -0.05) is 6.07 Å². The van der Waals surface area contributed by atoms with Gasteiger partial charge in [0.15, 0.2) is 5.11 Å². The van der Waals surface area contributed by atoms with Gasteiger partial charge in [0, 0.05) is 6.04 Å². The minimum Gasteiger partial charge on any atom is -0.435 e. The van der Waals surface area contributed by atoms with Crippen LogP contribution in [0.4, 0.5) is 8.78 Å². The van der Waals surface area contributed by atoms with Gasteiger partial charge in [-0.15, -0.1) is 0 Å². The number of benzene rings is 1. The number of hydrogen-bond acceptors (Lipinski definition) is 2. The molecule has 3 rings (SSSR count). The summed E-state index contributed by atoms with van der Waals surface area (Å²) in [6, 6.07) is 5.85. The molecule has 0 amide bonds. The highest BCUT2D eigenvalue weighted by Crippen LogP contribution is 2.32. The Hall–Kier alpha value is -1.43. The number of halogens is 2. The molecule has 114 valence electrons. The molecule has 0 aromatic heterocycles. The fourth-order valence-corrected chi connectivity index (χ4v) is 3.04. The van der Waals surface area contributed by atoms with Gasteiger partial charge in [-0.2, -0.15) is 8.78 Å². The van der Waals surface area contributed by atoms with Crippen LogP contribution in [0.2, 0.25) is 0 Å². The van der Waals surface area contributed by atoms with E-state index >= 15 is 0 Å². The van der Waals surface area contributed by atoms with E-state index in [1.807, 2.05) is 6.07 Å². The van der Waals surface area contributed by atoms with Crippen molar-refractivity contribution in [3.63, 3.8) is 0 Å². The molecule has 1 saturated carbocycles. The Morgan fingerprint density at radius 1 is 1.24 bits per heavy atom. The van der Waals surface area contributed by atoms with E-state index in [4.69, 9.17) is 12.2 Å². The molecule has 6 heteroatoms. The molecule has 0 aliphatic heterocycles. The second-order valence-corrected chi connectivity index (χ2v) is 5.98. The van der Waals surface area contributed by atoms with E-state index in [1.165, 1.54) is 12.8 Å². The molecule has 1 fully saturated rings. The van der Waals surface area contributed by atoms with Crippen LogP contribution in [-0.2, 0) is 6.42 Å². The third-order valence-electron chi connectivity index (χ3n) is 3.87. The first kappa shape index (κ1) is 14.5. The molecule has 3 nitrogen and oxygen atoms in total. The highest BCUT2D eigenvalue weighted by Gasteiger charge is 2.25. The van der Waals surface area contributed by atoms with Gasteiger partial charge in [-0.05, 0) is 67.6 Å². The quantitative estimate of drug-likeness (QED) is 0.836. The predicted molar refractivity (Wildman–Crippen MR) is 80.6 cm³/mol. The Kier molecular flexibility index (Phi) is 4.24. The van der Waals surface area contributed by atoms with Crippen LogP contribution in [0.1, 0.15) is 42.9 Å². The lowest BCUT2D eigenvalue weighted by Crippen LogP contribution is -2.39. The number of aryl methyl sites for hydroxylation is 1. The highest BCUT2D eigenvalue weighted by molar-refractivity contribution is 7.80. The molecule has 0 spiro atoms. The summed E-state index contributed by atoms with van der Waals surface area (Å²) in [5.74, 6) is 0.225. The van der Waals surface area contributed by atoms with Gasteiger partial charge in [-0.3, -0.25) is 0 Å². The van der Waals surface area contributed by atoms with E-state index in [1.54, 1.807) is 12.1 Å². The summed E-state index contributed by atoms with van der Waals surface area (Å²) >= 11 is 5.32. The first-order valence-corrected chi connectivity index (χ1v) is 7.67. The number of thiocarbonyl (C=S) groups is 1. The van der Waals surface area contributed by atoms with Crippen LogP contribution in [0.15, 0.2) is 18.2 Å². The highest BCUT2D eigenvalue weighted by atomic mass is 32.1. The van der Waals surface area contributed by atoms with Gasteiger partial charge >= 0.3 is 6.61 Å². The zero-order valence-corrected chi connectivity index (χ0v) is 12.4. The molecular formula is C15H18F2N2OS. The SMILES string of the molecule is FC(F)Oc1ccc2c(c1)CCCC2NC(=S)NC1CC1. The Morgan fingerprint density at radius 3 is 2.76 bits per heavy atom. The smallest absolute Gasteiger partial charge is 0.387 e. The average Bonchev–Trinajstić information content (AvgIpc) is 3.21. The Labute approximate surface area is 128 Å². The van der Waals surface area contributed by atoms with Crippen molar-refractivity contribution < 1.29 is 13.5 Å². The summed E-state index contributed by atoms with van der Waals surface area (Å²) in [6.07, 6.45) is 5.24. The van der Waals surface area contributed by atoms with Crippen LogP contribution < -0.4 is 15.4 Å². The predicted octanol–water partition coefficient (Wildman–Crippen LogP) is 3.29. The van der Waals surface area contributed by atoms with Gasteiger partial charge in [-0.25, -0.2) is 0 Å². The number of nitrogens with one attached hydrogen (secondary N) is 2. The standard InChI is InChI=1S/C15H18F2N2OS/c16-14(17)20-11-6-7-12-9(8-11)2-1-3-13(12)19-15(21)18-10-4-5-10/h6-8,10,13-14H,1-5H2,(H2,18,19,21). The van der Waals surface area contributed by atoms with Crippen LogP contribution >= 0.6 is 12.2 Å². The molecule has 1 atom stereocenters. The molecular weight excluding hydrogens is 294 g/mol. The molecule has 21 heavy (non-hydrogen) atoms. The van der Waals surface area contributed by atoms with Crippen LogP contribution in [0, 0.1) is 0 Å². The maximum Gasteiger partial charge on any atom is 0.387 e. The van der Waals surface area contributed by atoms with E-state index in [0.29, 0.717) is 11.2 Å². The molecule has 0 heterocycles. The lowest BCUT2D eigenvalue weighted by Gasteiger charge is -2.28. The van der Waals surface area contributed by atoms with Crippen LogP contribution in [0.3, 0.4) is 0 Å². The van der Waals surface area contributed by atoms with Crippen LogP contribution in [-0.4, -0.2) is 17.8 Å². The maximum absolute atomic E-state index is 12.3. The fraction of sp³-hybridized carbons (Fsp3) is 0.533. The number of alkyl halides is 2. The summed E-state index contributed by atoms with van der Waals surface area (Å²) in [7, 11) is 0. The molecule has 2 aliphatic rings. The molecule has 1 aromatic rings. The normalized spacial score (nSPS) is 20.8. The van der Waals surface area contributed by atoms with Crippen molar-refractivity contribution in [1.29, 1.82) is 0 Å². The van der Waals surface area contributed by atoms with Crippen molar-refractivity contribution >= 4 is 17.3 Å². The monoisotopic (exact) mass is 312 g/mol. The van der Waals surface area contributed by atoms with Gasteiger partial charge in [0.2, 0.25) is 0 Å². The summed E-state index contributed by atoms with van der Waals surface area (Å²) in [5.41, 5.74) is 2.19. The van der Waals surface area contributed by atoms with E-state index in [2.05, 4.69) is 15.4 Å². The second kappa shape index (κ2) is 6.13. The first-order chi connectivity index (χ1) is 10.1. The largest absolute Gasteiger partial charge is 0.435 e. The zero-order chi connectivity index (χ0) is 14.8. The van der Waals surface area contributed by atoms with Gasteiger partial charge in [0.1, 0.15) is 5.75 Å². The van der Waals surface area contributed by atoms with E-state index in [9.17, 15) is 8.78 Å². The second-order valence-electron chi connectivity index (χ2n) is 5.58. The molecule has 2 N–H and O–H groups in total. The Balaban J connectivity index is 1.69. The van der Waals surface area contributed by atoms with Gasteiger partial charge < -0.3 is 15.4 Å². The summed E-state index contributed by atoms with van der Waals surface area (Å²) in [6.45, 7) is -2.78. The fourth-order valence-electron chi connectivity index (χ4n) is 2.73. The molecule has 0 radical (unpaired) electrons. The average molecular weight is 312 g/mol. The summed E-state index contributed by atoms with van der Waals surface area (Å²) < 4.78 is 29.0.